The van der Waals surface area contributed by atoms with Crippen LogP contribution in [0.1, 0.15) is 50.8 Å². The van der Waals surface area contributed by atoms with Gasteiger partial charge in [0.2, 0.25) is 0 Å². The summed E-state index contributed by atoms with van der Waals surface area (Å²) in [6, 6.07) is 0.603. The van der Waals surface area contributed by atoms with E-state index in [1.807, 2.05) is 24.2 Å². The van der Waals surface area contributed by atoms with E-state index in [1.54, 1.807) is 0 Å². The van der Waals surface area contributed by atoms with Gasteiger partial charge < -0.3 is 19.1 Å². The van der Waals surface area contributed by atoms with E-state index in [0.717, 1.165) is 39.0 Å². The predicted octanol–water partition coefficient (Wildman–Crippen LogP) is 2.61. The van der Waals surface area contributed by atoms with Crippen molar-refractivity contribution in [1.82, 2.24) is 19.4 Å². The largest absolute Gasteiger partial charge is 0.450 e. The summed E-state index contributed by atoms with van der Waals surface area (Å²) < 4.78 is 7.30. The molecule has 0 bridgehead atoms. The maximum Gasteiger partial charge on any atom is 0.409 e. The number of hydrogen-bond acceptors (Lipinski definition) is 4. The zero-order valence-corrected chi connectivity index (χ0v) is 15.0. The third-order valence-electron chi connectivity index (χ3n) is 5.49. The van der Waals surface area contributed by atoms with Crippen LogP contribution in [0.2, 0.25) is 0 Å². The Balaban J connectivity index is 1.50. The minimum Gasteiger partial charge on any atom is -0.450 e. The molecule has 6 nitrogen and oxygen atoms in total. The number of hydrogen-bond donors (Lipinski definition) is 0. The second kappa shape index (κ2) is 8.01. The first-order chi connectivity index (χ1) is 11.7. The Morgan fingerprint density at radius 3 is 2.67 bits per heavy atom. The van der Waals surface area contributed by atoms with Crippen LogP contribution in [-0.2, 0) is 11.8 Å². The van der Waals surface area contributed by atoms with Gasteiger partial charge in [-0.25, -0.2) is 9.78 Å². The lowest BCUT2D eigenvalue weighted by molar-refractivity contribution is 0.105. The van der Waals surface area contributed by atoms with Crippen molar-refractivity contribution in [2.75, 3.05) is 32.8 Å². The first kappa shape index (κ1) is 17.3. The van der Waals surface area contributed by atoms with Crippen LogP contribution in [-0.4, -0.2) is 64.3 Å². The van der Waals surface area contributed by atoms with Crippen LogP contribution in [0.4, 0.5) is 4.79 Å². The minimum absolute atomic E-state index is 0.147. The monoisotopic (exact) mass is 334 g/mol. The van der Waals surface area contributed by atoms with Gasteiger partial charge in [-0.2, -0.15) is 0 Å². The number of aryl methyl sites for hydroxylation is 1. The van der Waals surface area contributed by atoms with Gasteiger partial charge in [-0.1, -0.05) is 0 Å². The Labute approximate surface area is 144 Å². The van der Waals surface area contributed by atoms with Crippen molar-refractivity contribution in [3.05, 3.63) is 18.2 Å². The predicted molar refractivity (Wildman–Crippen MR) is 93.0 cm³/mol. The Morgan fingerprint density at radius 2 is 2.00 bits per heavy atom. The molecule has 0 aromatic carbocycles. The van der Waals surface area contributed by atoms with E-state index < -0.39 is 0 Å². The summed E-state index contributed by atoms with van der Waals surface area (Å²) in [7, 11) is 2.09. The second-order valence-electron chi connectivity index (χ2n) is 6.98. The normalized spacial score (nSPS) is 23.9. The summed E-state index contributed by atoms with van der Waals surface area (Å²) in [4.78, 5) is 21.0. The molecule has 134 valence electrons. The highest BCUT2D eigenvalue weighted by molar-refractivity contribution is 5.67. The van der Waals surface area contributed by atoms with Crippen molar-refractivity contribution in [3.63, 3.8) is 0 Å². The molecule has 24 heavy (non-hydrogen) atoms. The van der Waals surface area contributed by atoms with Crippen LogP contribution < -0.4 is 0 Å². The van der Waals surface area contributed by atoms with E-state index in [1.165, 1.54) is 25.1 Å². The quantitative estimate of drug-likeness (QED) is 0.853. The average Bonchev–Trinajstić information content (AvgIpc) is 2.87. The van der Waals surface area contributed by atoms with Gasteiger partial charge in [-0.3, -0.25) is 0 Å². The number of nitrogens with zero attached hydrogens (tertiary/aromatic N) is 4. The van der Waals surface area contributed by atoms with Crippen molar-refractivity contribution in [3.8, 4) is 0 Å². The highest BCUT2D eigenvalue weighted by Gasteiger charge is 2.29. The van der Waals surface area contributed by atoms with E-state index in [9.17, 15) is 4.79 Å². The fourth-order valence-electron chi connectivity index (χ4n) is 4.13. The van der Waals surface area contributed by atoms with Gasteiger partial charge in [0, 0.05) is 44.5 Å². The standard InChI is InChI=1S/C18H30N4O2/c1-3-24-18(23)22-10-4-5-16(8-13-22)21-11-6-15(7-12-21)17-19-9-14-20(17)2/h9,14-16H,3-8,10-13H2,1-2H3/t16-/m1/s1. The number of aromatic nitrogens is 2. The number of rotatable bonds is 3. The summed E-state index contributed by atoms with van der Waals surface area (Å²) in [5.41, 5.74) is 0. The molecule has 1 amide bonds. The molecule has 0 unspecified atom stereocenters. The molecule has 0 spiro atoms. The Morgan fingerprint density at radius 1 is 1.21 bits per heavy atom. The van der Waals surface area contributed by atoms with Gasteiger partial charge in [0.05, 0.1) is 6.61 Å². The van der Waals surface area contributed by atoms with Crippen LogP contribution in [0.25, 0.3) is 0 Å². The maximum absolute atomic E-state index is 11.9. The number of piperidine rings is 1. The fraction of sp³-hybridized carbons (Fsp3) is 0.778. The summed E-state index contributed by atoms with van der Waals surface area (Å²) >= 11 is 0. The first-order valence-electron chi connectivity index (χ1n) is 9.32. The number of amides is 1. The lowest BCUT2D eigenvalue weighted by Crippen LogP contribution is -2.42. The van der Waals surface area contributed by atoms with Crippen molar-refractivity contribution in [2.45, 2.75) is 51.0 Å². The molecule has 1 atom stereocenters. The lowest BCUT2D eigenvalue weighted by Gasteiger charge is -2.37. The van der Waals surface area contributed by atoms with E-state index in [0.29, 0.717) is 18.6 Å². The molecule has 0 N–H and O–H groups in total. The number of ether oxygens (including phenoxy) is 1. The Kier molecular flexibility index (Phi) is 5.76. The van der Waals surface area contributed by atoms with Crippen molar-refractivity contribution >= 4 is 6.09 Å². The van der Waals surface area contributed by atoms with Crippen LogP contribution in [0.5, 0.6) is 0 Å². The van der Waals surface area contributed by atoms with E-state index in [2.05, 4.69) is 21.5 Å². The molecule has 2 saturated heterocycles. The van der Waals surface area contributed by atoms with Gasteiger partial charge in [0.1, 0.15) is 5.82 Å². The molecule has 0 saturated carbocycles. The molecule has 1 aromatic heterocycles. The zero-order valence-electron chi connectivity index (χ0n) is 15.0. The molecule has 2 aliphatic rings. The van der Waals surface area contributed by atoms with Crippen LogP contribution in [0, 0.1) is 0 Å². The molecular formula is C18H30N4O2. The van der Waals surface area contributed by atoms with Crippen molar-refractivity contribution in [1.29, 1.82) is 0 Å². The maximum atomic E-state index is 11.9. The summed E-state index contributed by atoms with van der Waals surface area (Å²) in [6.07, 6.45) is 9.48. The molecule has 3 heterocycles. The summed E-state index contributed by atoms with van der Waals surface area (Å²) in [5.74, 6) is 1.81. The number of carbonyl (C=O) groups is 1. The molecule has 1 aromatic rings. The molecule has 6 heteroatoms. The first-order valence-corrected chi connectivity index (χ1v) is 9.32. The Bertz CT molecular complexity index is 537. The van der Waals surface area contributed by atoms with E-state index in [4.69, 9.17) is 4.74 Å². The smallest absolute Gasteiger partial charge is 0.409 e. The highest BCUT2D eigenvalue weighted by Crippen LogP contribution is 2.29. The van der Waals surface area contributed by atoms with Gasteiger partial charge in [0.25, 0.3) is 0 Å². The van der Waals surface area contributed by atoms with Crippen molar-refractivity contribution < 1.29 is 9.53 Å². The summed E-state index contributed by atoms with van der Waals surface area (Å²) in [5, 5.41) is 0. The number of imidazole rings is 1. The van der Waals surface area contributed by atoms with Gasteiger partial charge in [-0.05, 0) is 52.1 Å². The van der Waals surface area contributed by atoms with Crippen molar-refractivity contribution in [2.24, 2.45) is 7.05 Å². The third kappa shape index (κ3) is 3.91. The van der Waals surface area contributed by atoms with Crippen LogP contribution in [0.3, 0.4) is 0 Å². The SMILES string of the molecule is CCOC(=O)N1CCC[C@@H](N2CCC(c3nccn3C)CC2)CC1. The molecule has 0 radical (unpaired) electrons. The van der Waals surface area contributed by atoms with Crippen LogP contribution >= 0.6 is 0 Å². The molecule has 2 aliphatic heterocycles. The Hall–Kier alpha value is -1.56. The average molecular weight is 334 g/mol. The van der Waals surface area contributed by atoms with Gasteiger partial charge in [0.15, 0.2) is 0 Å². The van der Waals surface area contributed by atoms with Gasteiger partial charge in [-0.15, -0.1) is 0 Å². The zero-order chi connectivity index (χ0) is 16.9. The molecule has 0 aliphatic carbocycles. The minimum atomic E-state index is -0.147. The molecule has 3 rings (SSSR count). The number of likely N-dealkylation sites (tertiary alicyclic amines) is 2. The summed E-state index contributed by atoms with van der Waals surface area (Å²) in [6.45, 7) is 6.26. The van der Waals surface area contributed by atoms with Crippen LogP contribution in [0.15, 0.2) is 12.4 Å². The topological polar surface area (TPSA) is 50.6 Å². The highest BCUT2D eigenvalue weighted by atomic mass is 16.6. The molecular weight excluding hydrogens is 304 g/mol. The second-order valence-corrected chi connectivity index (χ2v) is 6.98. The van der Waals surface area contributed by atoms with E-state index >= 15 is 0 Å². The van der Waals surface area contributed by atoms with Gasteiger partial charge >= 0.3 is 6.09 Å². The fourth-order valence-corrected chi connectivity index (χ4v) is 4.13. The molecule has 2 fully saturated rings. The lowest BCUT2D eigenvalue weighted by atomic mass is 9.93. The third-order valence-corrected chi connectivity index (χ3v) is 5.49. The number of carbonyl (C=O) groups excluding carboxylic acids is 1. The van der Waals surface area contributed by atoms with E-state index in [-0.39, 0.29) is 6.09 Å².